The molecule has 0 bridgehead atoms. The summed E-state index contributed by atoms with van der Waals surface area (Å²) in [6.07, 6.45) is 6.15. The van der Waals surface area contributed by atoms with Crippen LogP contribution in [0.15, 0.2) is 30.5 Å². The van der Waals surface area contributed by atoms with Crippen LogP contribution in [0.1, 0.15) is 54.7 Å². The zero-order chi connectivity index (χ0) is 18.9. The maximum Gasteiger partial charge on any atom is 0.333 e. The number of hydrogen-bond acceptors (Lipinski definition) is 3. The Morgan fingerprint density at radius 3 is 2.54 bits per heavy atom. The molecule has 1 aliphatic carbocycles. The molecule has 0 aliphatic heterocycles. The fourth-order valence-electron chi connectivity index (χ4n) is 3.18. The molecule has 26 heavy (non-hydrogen) atoms. The summed E-state index contributed by atoms with van der Waals surface area (Å²) in [4.78, 5) is 24.5. The van der Waals surface area contributed by atoms with Gasteiger partial charge >= 0.3 is 5.97 Å². The lowest BCUT2D eigenvalue weighted by Gasteiger charge is -2.26. The third-order valence-corrected chi connectivity index (χ3v) is 5.57. The molecule has 0 spiro atoms. The minimum Gasteiger partial charge on any atom is -0.479 e. The molecular weight excluding hydrogens is 377 g/mol. The molecular formula is C18H19Cl2N3O3. The Morgan fingerprint density at radius 1 is 1.23 bits per heavy atom. The van der Waals surface area contributed by atoms with E-state index in [0.717, 1.165) is 25.7 Å². The Kier molecular flexibility index (Phi) is 5.25. The Balaban J connectivity index is 1.84. The van der Waals surface area contributed by atoms with Crippen LogP contribution in [0.3, 0.4) is 0 Å². The summed E-state index contributed by atoms with van der Waals surface area (Å²) in [5.41, 5.74) is -1.16. The minimum absolute atomic E-state index is 0.185. The maximum atomic E-state index is 12.6. The minimum atomic E-state index is -1.66. The molecule has 1 fully saturated rings. The van der Waals surface area contributed by atoms with Gasteiger partial charge in [-0.15, -0.1) is 0 Å². The Morgan fingerprint density at radius 2 is 1.92 bits per heavy atom. The van der Waals surface area contributed by atoms with Crippen molar-refractivity contribution in [3.05, 3.63) is 51.8 Å². The fraction of sp³-hybridized carbons (Fsp3) is 0.389. The first-order valence-electron chi connectivity index (χ1n) is 8.38. The normalized spacial score (nSPS) is 17.0. The number of carbonyl (C=O) groups excluding carboxylic acids is 1. The van der Waals surface area contributed by atoms with Crippen LogP contribution in [-0.4, -0.2) is 26.8 Å². The molecule has 1 aromatic heterocycles. The van der Waals surface area contributed by atoms with E-state index in [9.17, 15) is 14.7 Å². The largest absolute Gasteiger partial charge is 0.479 e. The number of carbonyl (C=O) groups is 2. The number of aromatic nitrogens is 2. The molecule has 138 valence electrons. The lowest BCUT2D eigenvalue weighted by atomic mass is 9.92. The summed E-state index contributed by atoms with van der Waals surface area (Å²) in [5.74, 6) is -1.77. The smallest absolute Gasteiger partial charge is 0.333 e. The second kappa shape index (κ2) is 7.29. The quantitative estimate of drug-likeness (QED) is 0.799. The predicted molar refractivity (Wildman–Crippen MR) is 98.6 cm³/mol. The van der Waals surface area contributed by atoms with Crippen LogP contribution in [0.25, 0.3) is 0 Å². The Bertz CT molecular complexity index is 846. The van der Waals surface area contributed by atoms with Gasteiger partial charge in [0, 0.05) is 6.20 Å². The molecule has 2 N–H and O–H groups in total. The number of carboxylic acids is 1. The first-order valence-corrected chi connectivity index (χ1v) is 9.13. The lowest BCUT2D eigenvalue weighted by Crippen LogP contribution is -2.49. The van der Waals surface area contributed by atoms with Gasteiger partial charge in [0.15, 0.2) is 5.54 Å². The third kappa shape index (κ3) is 3.57. The molecule has 1 atom stereocenters. The number of amides is 1. The van der Waals surface area contributed by atoms with E-state index in [1.165, 1.54) is 25.1 Å². The third-order valence-electron chi connectivity index (χ3n) is 4.83. The number of nitrogens with zero attached hydrogens (tertiary/aromatic N) is 2. The number of hydrogen-bond donors (Lipinski definition) is 2. The Hall–Kier alpha value is -2.05. The van der Waals surface area contributed by atoms with Crippen LogP contribution >= 0.6 is 23.2 Å². The number of carboxylic acid groups (broad SMARTS) is 1. The summed E-state index contributed by atoms with van der Waals surface area (Å²) in [5, 5.41) is 17.1. The van der Waals surface area contributed by atoms with Crippen molar-refractivity contribution in [2.45, 2.75) is 44.2 Å². The van der Waals surface area contributed by atoms with Gasteiger partial charge in [0.2, 0.25) is 0 Å². The van der Waals surface area contributed by atoms with Gasteiger partial charge in [-0.2, -0.15) is 5.10 Å². The summed E-state index contributed by atoms with van der Waals surface area (Å²) in [7, 11) is 0. The van der Waals surface area contributed by atoms with Gasteiger partial charge < -0.3 is 10.4 Å². The van der Waals surface area contributed by atoms with Crippen molar-refractivity contribution in [1.82, 2.24) is 15.1 Å². The molecule has 1 aliphatic rings. The average molecular weight is 396 g/mol. The van der Waals surface area contributed by atoms with Crippen LogP contribution in [0, 0.1) is 0 Å². The van der Waals surface area contributed by atoms with E-state index in [1.54, 1.807) is 16.9 Å². The molecule has 1 saturated carbocycles. The maximum absolute atomic E-state index is 12.6. The van der Waals surface area contributed by atoms with E-state index in [0.29, 0.717) is 16.6 Å². The van der Waals surface area contributed by atoms with Crippen LogP contribution in [-0.2, 0) is 10.3 Å². The first kappa shape index (κ1) is 18.7. The number of nitrogens with one attached hydrogen (secondary N) is 1. The van der Waals surface area contributed by atoms with Gasteiger partial charge in [0.1, 0.15) is 5.69 Å². The van der Waals surface area contributed by atoms with Gasteiger partial charge in [0.05, 0.1) is 16.1 Å². The van der Waals surface area contributed by atoms with E-state index in [4.69, 9.17) is 23.2 Å². The molecule has 3 rings (SSSR count). The number of aliphatic carboxylic acids is 1. The second-order valence-electron chi connectivity index (χ2n) is 6.63. The van der Waals surface area contributed by atoms with Crippen LogP contribution in [0.5, 0.6) is 0 Å². The molecule has 0 radical (unpaired) electrons. The average Bonchev–Trinajstić information content (AvgIpc) is 3.27. The van der Waals surface area contributed by atoms with Crippen molar-refractivity contribution in [2.24, 2.45) is 0 Å². The Labute approximate surface area is 161 Å². The SMILES string of the molecule is CC(NC(=O)c1ccn(C2CCCC2)n1)(C(=O)O)c1ccc(Cl)c(Cl)c1. The molecule has 0 saturated heterocycles. The zero-order valence-electron chi connectivity index (χ0n) is 14.2. The predicted octanol–water partition coefficient (Wildman–Crippen LogP) is 4.03. The van der Waals surface area contributed by atoms with Gasteiger partial charge in [-0.25, -0.2) is 4.79 Å². The van der Waals surface area contributed by atoms with E-state index in [-0.39, 0.29) is 10.7 Å². The number of halogens is 2. The molecule has 8 heteroatoms. The van der Waals surface area contributed by atoms with Crippen molar-refractivity contribution in [2.75, 3.05) is 0 Å². The highest BCUT2D eigenvalue weighted by molar-refractivity contribution is 6.42. The molecule has 6 nitrogen and oxygen atoms in total. The lowest BCUT2D eigenvalue weighted by molar-refractivity contribution is -0.144. The van der Waals surface area contributed by atoms with Crippen LogP contribution < -0.4 is 5.32 Å². The molecule has 1 heterocycles. The van der Waals surface area contributed by atoms with Crippen molar-refractivity contribution >= 4 is 35.1 Å². The van der Waals surface area contributed by atoms with Gasteiger partial charge in [-0.3, -0.25) is 9.48 Å². The highest BCUT2D eigenvalue weighted by atomic mass is 35.5. The fourth-order valence-corrected chi connectivity index (χ4v) is 3.48. The standard InChI is InChI=1S/C18H19Cl2N3O3/c1-18(17(25)26,11-6-7-13(19)14(20)10-11)21-16(24)15-8-9-23(22-15)12-4-2-3-5-12/h6-10,12H,2-5H2,1H3,(H,21,24)(H,25,26). The topological polar surface area (TPSA) is 84.2 Å². The van der Waals surface area contributed by atoms with Crippen LogP contribution in [0.4, 0.5) is 0 Å². The van der Waals surface area contributed by atoms with Gasteiger partial charge in [-0.1, -0.05) is 42.1 Å². The summed E-state index contributed by atoms with van der Waals surface area (Å²) in [6, 6.07) is 6.37. The first-order chi connectivity index (χ1) is 12.3. The van der Waals surface area contributed by atoms with Gasteiger partial charge in [0.25, 0.3) is 5.91 Å². The van der Waals surface area contributed by atoms with Crippen molar-refractivity contribution in [3.63, 3.8) is 0 Å². The van der Waals surface area contributed by atoms with E-state index in [1.807, 2.05) is 0 Å². The summed E-state index contributed by atoms with van der Waals surface area (Å²) < 4.78 is 1.79. The number of rotatable bonds is 5. The highest BCUT2D eigenvalue weighted by Crippen LogP contribution is 2.30. The second-order valence-corrected chi connectivity index (χ2v) is 7.45. The number of benzene rings is 1. The van der Waals surface area contributed by atoms with Crippen molar-refractivity contribution in [3.8, 4) is 0 Å². The van der Waals surface area contributed by atoms with Crippen molar-refractivity contribution < 1.29 is 14.7 Å². The summed E-state index contributed by atoms with van der Waals surface area (Å²) in [6.45, 7) is 1.40. The van der Waals surface area contributed by atoms with Crippen molar-refractivity contribution in [1.29, 1.82) is 0 Å². The zero-order valence-corrected chi connectivity index (χ0v) is 15.7. The summed E-state index contributed by atoms with van der Waals surface area (Å²) >= 11 is 11.9. The van der Waals surface area contributed by atoms with E-state index >= 15 is 0 Å². The molecule has 1 unspecified atom stereocenters. The monoisotopic (exact) mass is 395 g/mol. The molecule has 1 amide bonds. The molecule has 1 aromatic carbocycles. The van der Waals surface area contributed by atoms with E-state index < -0.39 is 17.4 Å². The molecule has 2 aromatic rings. The van der Waals surface area contributed by atoms with Crippen LogP contribution in [0.2, 0.25) is 10.0 Å². The highest BCUT2D eigenvalue weighted by Gasteiger charge is 2.38. The van der Waals surface area contributed by atoms with E-state index in [2.05, 4.69) is 10.4 Å². The van der Waals surface area contributed by atoms with Gasteiger partial charge in [-0.05, 0) is 43.5 Å².